The molecule has 174 valence electrons. The van der Waals surface area contributed by atoms with E-state index in [0.29, 0.717) is 43.5 Å². The summed E-state index contributed by atoms with van der Waals surface area (Å²) in [6, 6.07) is 2.08. The molecule has 33 heavy (non-hydrogen) atoms. The maximum Gasteiger partial charge on any atom is 0.339 e. The number of hydrogen-bond acceptors (Lipinski definition) is 6. The topological polar surface area (TPSA) is 104 Å². The summed E-state index contributed by atoms with van der Waals surface area (Å²) in [5, 5.41) is 13.0. The van der Waals surface area contributed by atoms with E-state index in [4.69, 9.17) is 8.83 Å². The number of carboxylic acids is 1. The fourth-order valence-corrected chi connectivity index (χ4v) is 5.46. The molecule has 2 aromatic heterocycles. The minimum Gasteiger partial charge on any atom is -0.550 e. The van der Waals surface area contributed by atoms with Gasteiger partial charge in [-0.3, -0.25) is 4.79 Å². The van der Waals surface area contributed by atoms with Crippen LogP contribution in [0, 0.1) is 19.8 Å². The van der Waals surface area contributed by atoms with E-state index in [1.165, 1.54) is 5.56 Å². The van der Waals surface area contributed by atoms with Gasteiger partial charge in [-0.1, -0.05) is 0 Å². The van der Waals surface area contributed by atoms with Crippen molar-refractivity contribution >= 4 is 33.8 Å². The van der Waals surface area contributed by atoms with Gasteiger partial charge in [-0.15, -0.1) is 0 Å². The van der Waals surface area contributed by atoms with Gasteiger partial charge >= 0.3 is 5.63 Å². The number of piperidine rings is 1. The fourth-order valence-electron chi connectivity index (χ4n) is 5.46. The average molecular weight is 451 g/mol. The Kier molecular flexibility index (Phi) is 5.51. The minimum absolute atomic E-state index is 0.0683. The average Bonchev–Trinajstić information content (AvgIpc) is 3.19. The smallest absolute Gasteiger partial charge is 0.339 e. The second-order valence-corrected chi connectivity index (χ2v) is 9.43. The highest BCUT2D eigenvalue weighted by Crippen LogP contribution is 2.38. The van der Waals surface area contributed by atoms with Crippen LogP contribution in [0.4, 0.5) is 0 Å². The van der Waals surface area contributed by atoms with E-state index < -0.39 is 17.5 Å². The minimum atomic E-state index is -1.05. The van der Waals surface area contributed by atoms with Gasteiger partial charge in [0.05, 0.1) is 0 Å². The number of aryl methyl sites for hydroxylation is 4. The summed E-state index contributed by atoms with van der Waals surface area (Å²) in [7, 11) is 0. The van der Waals surface area contributed by atoms with Crippen molar-refractivity contribution in [3.8, 4) is 0 Å². The van der Waals surface area contributed by atoms with Gasteiger partial charge in [-0.05, 0) is 64.0 Å². The first-order valence-corrected chi connectivity index (χ1v) is 11.8. The highest BCUT2D eigenvalue weighted by Gasteiger charge is 2.25. The summed E-state index contributed by atoms with van der Waals surface area (Å²) >= 11 is 0. The quantitative estimate of drug-likeness (QED) is 0.566. The van der Waals surface area contributed by atoms with Crippen LogP contribution in [-0.2, 0) is 28.9 Å². The molecule has 3 aromatic rings. The van der Waals surface area contributed by atoms with Crippen molar-refractivity contribution in [1.82, 2.24) is 4.90 Å². The Hall–Kier alpha value is -3.09. The van der Waals surface area contributed by atoms with E-state index in [1.807, 2.05) is 13.8 Å². The molecule has 0 spiro atoms. The number of fused-ring (bicyclic) bond motifs is 4. The van der Waals surface area contributed by atoms with Crippen molar-refractivity contribution < 1.29 is 23.5 Å². The van der Waals surface area contributed by atoms with Crippen LogP contribution in [0.1, 0.15) is 60.1 Å². The molecule has 1 amide bonds. The maximum absolute atomic E-state index is 12.8. The molecule has 0 bridgehead atoms. The summed E-state index contributed by atoms with van der Waals surface area (Å²) in [5.41, 5.74) is 4.42. The number of furan rings is 1. The Balaban J connectivity index is 1.43. The molecule has 1 aromatic carbocycles. The molecule has 3 heterocycles. The largest absolute Gasteiger partial charge is 0.550 e. The lowest BCUT2D eigenvalue weighted by molar-refractivity contribution is -0.312. The van der Waals surface area contributed by atoms with Crippen molar-refractivity contribution in [1.29, 1.82) is 0 Å². The zero-order valence-corrected chi connectivity index (χ0v) is 19.1. The molecule has 1 saturated heterocycles. The molecule has 0 unspecified atom stereocenters. The van der Waals surface area contributed by atoms with Crippen molar-refractivity contribution in [3.05, 3.63) is 44.5 Å². The molecule has 0 saturated carbocycles. The van der Waals surface area contributed by atoms with Crippen molar-refractivity contribution in [3.63, 3.8) is 0 Å². The van der Waals surface area contributed by atoms with Crippen LogP contribution in [-0.4, -0.2) is 29.9 Å². The Morgan fingerprint density at radius 3 is 2.45 bits per heavy atom. The zero-order chi connectivity index (χ0) is 23.3. The Morgan fingerprint density at radius 1 is 1.03 bits per heavy atom. The molecule has 2 aliphatic rings. The van der Waals surface area contributed by atoms with Crippen LogP contribution in [0.5, 0.6) is 0 Å². The predicted octanol–water partition coefficient (Wildman–Crippen LogP) is 2.96. The maximum atomic E-state index is 12.8. The molecule has 7 nitrogen and oxygen atoms in total. The first-order chi connectivity index (χ1) is 15.8. The van der Waals surface area contributed by atoms with Crippen LogP contribution in [0.2, 0.25) is 0 Å². The number of rotatable bonds is 4. The molecule has 0 atom stereocenters. The first kappa shape index (κ1) is 21.7. The molecule has 1 fully saturated rings. The Labute approximate surface area is 191 Å². The van der Waals surface area contributed by atoms with Crippen molar-refractivity contribution in [2.75, 3.05) is 13.1 Å². The summed E-state index contributed by atoms with van der Waals surface area (Å²) in [4.78, 5) is 38.3. The van der Waals surface area contributed by atoms with Gasteiger partial charge in [0.15, 0.2) is 0 Å². The van der Waals surface area contributed by atoms with Crippen LogP contribution in [0.25, 0.3) is 21.9 Å². The number of likely N-dealkylation sites (tertiary alicyclic amines) is 1. The third kappa shape index (κ3) is 3.73. The predicted molar refractivity (Wildman–Crippen MR) is 121 cm³/mol. The first-order valence-electron chi connectivity index (χ1n) is 11.8. The number of carbonyl (C=O) groups is 2. The molecule has 0 radical (unpaired) electrons. The number of carboxylic acid groups (broad SMARTS) is 1. The number of carbonyl (C=O) groups excluding carboxylic acids is 2. The van der Waals surface area contributed by atoms with Crippen LogP contribution >= 0.6 is 0 Å². The van der Waals surface area contributed by atoms with Gasteiger partial charge < -0.3 is 23.6 Å². The normalized spacial score (nSPS) is 17.0. The molecule has 1 aliphatic carbocycles. The van der Waals surface area contributed by atoms with E-state index in [9.17, 15) is 19.5 Å². The van der Waals surface area contributed by atoms with Crippen LogP contribution < -0.4 is 10.7 Å². The van der Waals surface area contributed by atoms with E-state index in [2.05, 4.69) is 6.07 Å². The summed E-state index contributed by atoms with van der Waals surface area (Å²) < 4.78 is 11.9. The lowest BCUT2D eigenvalue weighted by Gasteiger charge is -2.32. The summed E-state index contributed by atoms with van der Waals surface area (Å²) in [6.45, 7) is 4.67. The molecular formula is C26H28NO6-. The lowest BCUT2D eigenvalue weighted by atomic mass is 9.93. The second-order valence-electron chi connectivity index (χ2n) is 9.43. The third-order valence-corrected chi connectivity index (χ3v) is 7.49. The van der Waals surface area contributed by atoms with Gasteiger partial charge in [0.2, 0.25) is 5.91 Å². The van der Waals surface area contributed by atoms with E-state index in [0.717, 1.165) is 58.9 Å². The number of amides is 1. The van der Waals surface area contributed by atoms with E-state index >= 15 is 0 Å². The van der Waals surface area contributed by atoms with Crippen molar-refractivity contribution in [2.24, 2.45) is 5.92 Å². The van der Waals surface area contributed by atoms with E-state index in [1.54, 1.807) is 4.90 Å². The van der Waals surface area contributed by atoms with Crippen molar-refractivity contribution in [2.45, 2.75) is 65.2 Å². The Morgan fingerprint density at radius 2 is 1.73 bits per heavy atom. The molecule has 0 N–H and O–H groups in total. The highest BCUT2D eigenvalue weighted by molar-refractivity contribution is 6.00. The standard InChI is InChI=1S/C26H29NO6/c1-14-17(7-8-22(28)27-11-9-16(10-12-27)25(29)30)26(31)33-23-15(2)24-20(13-19(14)23)18-5-3-4-6-21(18)32-24/h13,16H,3-12H2,1-2H3,(H,29,30)/p-1. The number of aliphatic carboxylic acids is 1. The lowest BCUT2D eigenvalue weighted by Crippen LogP contribution is -2.43. The molecule has 5 rings (SSSR count). The zero-order valence-electron chi connectivity index (χ0n) is 19.1. The van der Waals surface area contributed by atoms with Gasteiger partial charge in [0, 0.05) is 65.3 Å². The third-order valence-electron chi connectivity index (χ3n) is 7.49. The number of nitrogens with zero attached hydrogens (tertiary/aromatic N) is 1. The monoisotopic (exact) mass is 450 g/mol. The van der Waals surface area contributed by atoms with Gasteiger partial charge in [-0.25, -0.2) is 4.79 Å². The SMILES string of the molecule is Cc1c(CCC(=O)N2CCC(C(=O)[O-])CC2)c(=O)oc2c(C)c3oc4c(c3cc12)CCCC4. The van der Waals surface area contributed by atoms with Gasteiger partial charge in [0.1, 0.15) is 16.9 Å². The fraction of sp³-hybridized carbons (Fsp3) is 0.500. The second kappa shape index (κ2) is 8.36. The summed E-state index contributed by atoms with van der Waals surface area (Å²) in [6.07, 6.45) is 5.53. The molecule has 1 aliphatic heterocycles. The van der Waals surface area contributed by atoms with Crippen LogP contribution in [0.3, 0.4) is 0 Å². The van der Waals surface area contributed by atoms with Gasteiger partial charge in [-0.2, -0.15) is 0 Å². The number of benzene rings is 1. The summed E-state index contributed by atoms with van der Waals surface area (Å²) in [5.74, 6) is -0.559. The number of hydrogen-bond donors (Lipinski definition) is 0. The van der Waals surface area contributed by atoms with Gasteiger partial charge in [0.25, 0.3) is 0 Å². The van der Waals surface area contributed by atoms with E-state index in [-0.39, 0.29) is 12.3 Å². The highest BCUT2D eigenvalue weighted by atomic mass is 16.4. The molecular weight excluding hydrogens is 422 g/mol. The van der Waals surface area contributed by atoms with Crippen LogP contribution in [0.15, 0.2) is 19.7 Å². The Bertz CT molecular complexity index is 1320. The molecule has 7 heteroatoms.